The molecule has 0 aromatic carbocycles. The third kappa shape index (κ3) is 4.31. The minimum Gasteiger partial charge on any atom is -0.466 e. The van der Waals surface area contributed by atoms with Crippen molar-refractivity contribution in [1.29, 1.82) is 0 Å². The summed E-state index contributed by atoms with van der Waals surface area (Å²) in [5.41, 5.74) is -0.680. The van der Waals surface area contributed by atoms with Gasteiger partial charge < -0.3 is 19.7 Å². The largest absolute Gasteiger partial charge is 0.466 e. The highest BCUT2D eigenvalue weighted by Crippen LogP contribution is 2.38. The van der Waals surface area contributed by atoms with Crippen molar-refractivity contribution in [1.82, 2.24) is 10.2 Å². The standard InChI is InChI=1S/C15H24F2N2O4/c1-2-22-13(20)15(5-3-4-6-15)10-18-14(21)19-7-8-23-11(9-19)12(16)17/h11-12H,2-10H2,1H3,(H,18,21). The Morgan fingerprint density at radius 2 is 2.09 bits per heavy atom. The molecule has 2 rings (SSSR count). The normalized spacial score (nSPS) is 23.8. The van der Waals surface area contributed by atoms with E-state index in [9.17, 15) is 18.4 Å². The first-order valence-electron chi connectivity index (χ1n) is 8.08. The zero-order chi connectivity index (χ0) is 16.9. The van der Waals surface area contributed by atoms with Crippen LogP contribution >= 0.6 is 0 Å². The third-order valence-corrected chi connectivity index (χ3v) is 4.51. The van der Waals surface area contributed by atoms with Crippen LogP contribution in [0.4, 0.5) is 13.6 Å². The van der Waals surface area contributed by atoms with Crippen molar-refractivity contribution in [3.05, 3.63) is 0 Å². The Hall–Kier alpha value is -1.44. The molecule has 0 aromatic rings. The number of carbonyl (C=O) groups excluding carboxylic acids is 2. The summed E-state index contributed by atoms with van der Waals surface area (Å²) in [6.07, 6.45) is -0.685. The lowest BCUT2D eigenvalue weighted by atomic mass is 9.86. The summed E-state index contributed by atoms with van der Waals surface area (Å²) in [5.74, 6) is -0.287. The molecule has 2 fully saturated rings. The van der Waals surface area contributed by atoms with Crippen molar-refractivity contribution in [3.8, 4) is 0 Å². The molecule has 1 aliphatic carbocycles. The molecule has 1 unspecified atom stereocenters. The molecule has 132 valence electrons. The monoisotopic (exact) mass is 334 g/mol. The number of hydrogen-bond acceptors (Lipinski definition) is 4. The summed E-state index contributed by atoms with van der Waals surface area (Å²) >= 11 is 0. The van der Waals surface area contributed by atoms with E-state index in [0.29, 0.717) is 19.4 Å². The van der Waals surface area contributed by atoms with Gasteiger partial charge in [-0.3, -0.25) is 4.79 Å². The maximum Gasteiger partial charge on any atom is 0.317 e. The van der Waals surface area contributed by atoms with Crippen molar-refractivity contribution in [2.75, 3.05) is 32.8 Å². The van der Waals surface area contributed by atoms with Gasteiger partial charge in [0.25, 0.3) is 6.43 Å². The molecule has 0 radical (unpaired) electrons. The highest BCUT2D eigenvalue weighted by molar-refractivity contribution is 5.79. The number of amides is 2. The SMILES string of the molecule is CCOC(=O)C1(CNC(=O)N2CCOC(C(F)F)C2)CCCC1. The van der Waals surface area contributed by atoms with Crippen LogP contribution in [-0.4, -0.2) is 62.3 Å². The first-order valence-corrected chi connectivity index (χ1v) is 8.08. The molecule has 1 N–H and O–H groups in total. The second-order valence-corrected chi connectivity index (χ2v) is 6.06. The molecule has 8 heteroatoms. The Morgan fingerprint density at radius 3 is 2.70 bits per heavy atom. The molecule has 1 atom stereocenters. The molecule has 6 nitrogen and oxygen atoms in total. The quantitative estimate of drug-likeness (QED) is 0.778. The van der Waals surface area contributed by atoms with Crippen LogP contribution in [0.25, 0.3) is 0 Å². The number of morpholine rings is 1. The predicted molar refractivity (Wildman–Crippen MR) is 78.2 cm³/mol. The van der Waals surface area contributed by atoms with Gasteiger partial charge in [-0.1, -0.05) is 12.8 Å². The fourth-order valence-electron chi connectivity index (χ4n) is 3.16. The van der Waals surface area contributed by atoms with E-state index in [0.717, 1.165) is 12.8 Å². The number of nitrogens with one attached hydrogen (secondary N) is 1. The predicted octanol–water partition coefficient (Wildman–Crippen LogP) is 1.79. The molecule has 1 heterocycles. The topological polar surface area (TPSA) is 67.9 Å². The third-order valence-electron chi connectivity index (χ3n) is 4.51. The smallest absolute Gasteiger partial charge is 0.317 e. The van der Waals surface area contributed by atoms with Crippen molar-refractivity contribution in [2.24, 2.45) is 5.41 Å². The van der Waals surface area contributed by atoms with Gasteiger partial charge in [0.1, 0.15) is 6.10 Å². The first kappa shape index (κ1) is 17.9. The maximum atomic E-state index is 12.7. The number of nitrogens with zero attached hydrogens (tertiary/aromatic N) is 1. The zero-order valence-corrected chi connectivity index (χ0v) is 13.4. The summed E-state index contributed by atoms with van der Waals surface area (Å²) in [7, 11) is 0. The van der Waals surface area contributed by atoms with Gasteiger partial charge >= 0.3 is 12.0 Å². The number of halogens is 2. The average molecular weight is 334 g/mol. The van der Waals surface area contributed by atoms with Gasteiger partial charge in [0.15, 0.2) is 0 Å². The van der Waals surface area contributed by atoms with Crippen molar-refractivity contribution in [3.63, 3.8) is 0 Å². The number of alkyl halides is 2. The van der Waals surface area contributed by atoms with Crippen LogP contribution in [0.5, 0.6) is 0 Å². The Morgan fingerprint density at radius 1 is 1.39 bits per heavy atom. The summed E-state index contributed by atoms with van der Waals surface area (Å²) in [6.45, 7) is 2.44. The van der Waals surface area contributed by atoms with Gasteiger partial charge in [0, 0.05) is 13.1 Å². The second kappa shape index (κ2) is 7.90. The van der Waals surface area contributed by atoms with Crippen LogP contribution < -0.4 is 5.32 Å². The van der Waals surface area contributed by atoms with Gasteiger partial charge in [0.05, 0.1) is 25.2 Å². The van der Waals surface area contributed by atoms with Gasteiger partial charge in [-0.05, 0) is 19.8 Å². The number of ether oxygens (including phenoxy) is 2. The molecule has 2 aliphatic rings. The lowest BCUT2D eigenvalue weighted by Gasteiger charge is -2.34. The fraction of sp³-hybridized carbons (Fsp3) is 0.867. The second-order valence-electron chi connectivity index (χ2n) is 6.06. The Balaban J connectivity index is 1.90. The van der Waals surface area contributed by atoms with Crippen LogP contribution in [0, 0.1) is 5.41 Å². The van der Waals surface area contributed by atoms with E-state index in [4.69, 9.17) is 9.47 Å². The van der Waals surface area contributed by atoms with Crippen LogP contribution in [0.1, 0.15) is 32.6 Å². The number of esters is 1. The van der Waals surface area contributed by atoms with E-state index >= 15 is 0 Å². The van der Waals surface area contributed by atoms with E-state index in [2.05, 4.69) is 5.32 Å². The van der Waals surface area contributed by atoms with Gasteiger partial charge in [0.2, 0.25) is 0 Å². The maximum absolute atomic E-state index is 12.7. The highest BCUT2D eigenvalue weighted by Gasteiger charge is 2.43. The lowest BCUT2D eigenvalue weighted by Crippen LogP contribution is -2.53. The molecule has 0 spiro atoms. The first-order chi connectivity index (χ1) is 11.0. The minimum absolute atomic E-state index is 0.0887. The molecule has 1 saturated carbocycles. The highest BCUT2D eigenvalue weighted by atomic mass is 19.3. The van der Waals surface area contributed by atoms with Crippen LogP contribution in [0.15, 0.2) is 0 Å². The molecular weight excluding hydrogens is 310 g/mol. The number of urea groups is 1. The molecule has 1 aliphatic heterocycles. The summed E-state index contributed by atoms with van der Waals surface area (Å²) in [5, 5.41) is 2.72. The average Bonchev–Trinajstić information content (AvgIpc) is 3.03. The van der Waals surface area contributed by atoms with E-state index < -0.39 is 24.0 Å². The molecule has 23 heavy (non-hydrogen) atoms. The van der Waals surface area contributed by atoms with Crippen LogP contribution in [-0.2, 0) is 14.3 Å². The summed E-state index contributed by atoms with van der Waals surface area (Å²) < 4.78 is 35.5. The number of rotatable bonds is 5. The zero-order valence-electron chi connectivity index (χ0n) is 13.4. The van der Waals surface area contributed by atoms with Gasteiger partial charge in [-0.25, -0.2) is 13.6 Å². The van der Waals surface area contributed by atoms with Crippen LogP contribution in [0.3, 0.4) is 0 Å². The van der Waals surface area contributed by atoms with Crippen molar-refractivity contribution >= 4 is 12.0 Å². The van der Waals surface area contributed by atoms with Gasteiger partial charge in [-0.2, -0.15) is 0 Å². The minimum atomic E-state index is -2.62. The van der Waals surface area contributed by atoms with Crippen LogP contribution in [0.2, 0.25) is 0 Å². The van der Waals surface area contributed by atoms with Crippen molar-refractivity contribution in [2.45, 2.75) is 45.1 Å². The molecular formula is C15H24F2N2O4. The van der Waals surface area contributed by atoms with Crippen molar-refractivity contribution < 1.29 is 27.8 Å². The Bertz CT molecular complexity index is 428. The molecule has 1 saturated heterocycles. The summed E-state index contributed by atoms with van der Waals surface area (Å²) in [6, 6.07) is -0.436. The molecule has 0 aromatic heterocycles. The lowest BCUT2D eigenvalue weighted by molar-refractivity contribution is -0.154. The molecule has 2 amide bonds. The summed E-state index contributed by atoms with van der Waals surface area (Å²) in [4.78, 5) is 25.7. The van der Waals surface area contributed by atoms with E-state index in [1.165, 1.54) is 4.90 Å². The number of carbonyl (C=O) groups is 2. The Labute approximate surface area is 134 Å². The van der Waals surface area contributed by atoms with Gasteiger partial charge in [-0.15, -0.1) is 0 Å². The number of hydrogen-bond donors (Lipinski definition) is 1. The fourth-order valence-corrected chi connectivity index (χ4v) is 3.16. The van der Waals surface area contributed by atoms with E-state index in [1.54, 1.807) is 6.92 Å². The van der Waals surface area contributed by atoms with E-state index in [-0.39, 0.29) is 32.2 Å². The van der Waals surface area contributed by atoms with E-state index in [1.807, 2.05) is 0 Å². The Kier molecular flexibility index (Phi) is 6.15. The molecule has 0 bridgehead atoms.